The van der Waals surface area contributed by atoms with Gasteiger partial charge in [-0.25, -0.2) is 5.01 Å². The standard InChI is InChI=1S/C18H20N6O/c1-18(20,12-14-8-4-2-5-9-14)24-22-21-16(17(19)25)13-23(24)15-10-6-3-7-11-15/h2-11,13H,12,20H2,1H3,(H2,19,25). The fourth-order valence-electron chi connectivity index (χ4n) is 2.64. The summed E-state index contributed by atoms with van der Waals surface area (Å²) in [6, 6.07) is 19.4. The van der Waals surface area contributed by atoms with E-state index in [2.05, 4.69) is 10.3 Å². The van der Waals surface area contributed by atoms with Crippen molar-refractivity contribution in [2.45, 2.75) is 19.0 Å². The van der Waals surface area contributed by atoms with E-state index in [0.717, 1.165) is 11.3 Å². The first kappa shape index (κ1) is 16.7. The zero-order chi connectivity index (χ0) is 17.9. The van der Waals surface area contributed by atoms with Gasteiger partial charge >= 0.3 is 0 Å². The van der Waals surface area contributed by atoms with Gasteiger partial charge in [0.05, 0.1) is 11.9 Å². The lowest BCUT2D eigenvalue weighted by Crippen LogP contribution is -2.59. The molecule has 0 fully saturated rings. The number of nitrogens with two attached hydrogens (primary N) is 2. The van der Waals surface area contributed by atoms with Crippen molar-refractivity contribution in [3.63, 3.8) is 0 Å². The van der Waals surface area contributed by atoms with Crippen LogP contribution in [0.5, 0.6) is 0 Å². The fraction of sp³-hybridized carbons (Fsp3) is 0.167. The van der Waals surface area contributed by atoms with Crippen LogP contribution in [0.1, 0.15) is 12.5 Å². The minimum atomic E-state index is -0.875. The highest BCUT2D eigenvalue weighted by Gasteiger charge is 2.34. The van der Waals surface area contributed by atoms with Crippen molar-refractivity contribution in [3.8, 4) is 0 Å². The molecular weight excluding hydrogens is 316 g/mol. The summed E-state index contributed by atoms with van der Waals surface area (Å²) >= 11 is 0. The molecule has 128 valence electrons. The number of para-hydroxylation sites is 1. The topological polar surface area (TPSA) is 100 Å². The van der Waals surface area contributed by atoms with Gasteiger partial charge in [0.1, 0.15) is 5.66 Å². The zero-order valence-corrected chi connectivity index (χ0v) is 13.9. The van der Waals surface area contributed by atoms with Gasteiger partial charge in [0, 0.05) is 6.42 Å². The van der Waals surface area contributed by atoms with Gasteiger partial charge in [-0.05, 0) is 29.8 Å². The molecule has 0 aliphatic carbocycles. The highest BCUT2D eigenvalue weighted by Crippen LogP contribution is 2.28. The number of hydrogen-bond donors (Lipinski definition) is 2. The number of amides is 1. The highest BCUT2D eigenvalue weighted by molar-refractivity contribution is 5.91. The van der Waals surface area contributed by atoms with Crippen LogP contribution in [0.25, 0.3) is 0 Å². The Morgan fingerprint density at radius 3 is 2.28 bits per heavy atom. The van der Waals surface area contributed by atoms with Crippen molar-refractivity contribution in [3.05, 3.63) is 78.1 Å². The van der Waals surface area contributed by atoms with Gasteiger partial charge in [0.2, 0.25) is 0 Å². The lowest BCUT2D eigenvalue weighted by Gasteiger charge is -2.42. The summed E-state index contributed by atoms with van der Waals surface area (Å²) in [6.07, 6.45) is 2.08. The predicted molar refractivity (Wildman–Crippen MR) is 95.6 cm³/mol. The Balaban J connectivity index is 1.95. The normalized spacial score (nSPS) is 16.3. The van der Waals surface area contributed by atoms with E-state index in [9.17, 15) is 4.79 Å². The maximum atomic E-state index is 11.5. The molecule has 7 heteroatoms. The van der Waals surface area contributed by atoms with Gasteiger partial charge in [-0.15, -0.1) is 5.11 Å². The molecule has 1 atom stereocenters. The molecule has 7 nitrogen and oxygen atoms in total. The SMILES string of the molecule is CC(N)(Cc1ccccc1)N1N=NC(C(N)=O)=CN1c1ccccc1. The molecule has 0 radical (unpaired) electrons. The van der Waals surface area contributed by atoms with Crippen LogP contribution in [0, 0.1) is 0 Å². The second-order valence-corrected chi connectivity index (χ2v) is 6.06. The van der Waals surface area contributed by atoms with Crippen molar-refractivity contribution in [2.75, 3.05) is 5.01 Å². The Labute approximate surface area is 146 Å². The van der Waals surface area contributed by atoms with Crippen LogP contribution in [-0.2, 0) is 11.2 Å². The lowest BCUT2D eigenvalue weighted by atomic mass is 10.0. The number of benzene rings is 2. The fourth-order valence-corrected chi connectivity index (χ4v) is 2.64. The predicted octanol–water partition coefficient (Wildman–Crippen LogP) is 2.34. The summed E-state index contributed by atoms with van der Waals surface area (Å²) < 4.78 is 0. The van der Waals surface area contributed by atoms with E-state index < -0.39 is 11.6 Å². The van der Waals surface area contributed by atoms with E-state index in [1.165, 1.54) is 0 Å². The van der Waals surface area contributed by atoms with Crippen molar-refractivity contribution < 1.29 is 4.79 Å². The molecule has 1 heterocycles. The van der Waals surface area contributed by atoms with Gasteiger partial charge in [-0.3, -0.25) is 4.79 Å². The number of anilines is 1. The summed E-state index contributed by atoms with van der Waals surface area (Å²) in [6.45, 7) is 1.86. The number of carbonyl (C=O) groups is 1. The number of hydrazine groups is 1. The summed E-state index contributed by atoms with van der Waals surface area (Å²) in [4.78, 5) is 11.5. The molecule has 0 aromatic heterocycles. The monoisotopic (exact) mass is 336 g/mol. The van der Waals surface area contributed by atoms with Gasteiger partial charge < -0.3 is 11.5 Å². The van der Waals surface area contributed by atoms with Gasteiger partial charge in [-0.1, -0.05) is 48.5 Å². The number of carbonyl (C=O) groups excluding carboxylic acids is 1. The molecule has 0 bridgehead atoms. The molecule has 1 amide bonds. The molecule has 1 aliphatic rings. The first-order valence-corrected chi connectivity index (χ1v) is 7.88. The Bertz CT molecular complexity index is 801. The lowest BCUT2D eigenvalue weighted by molar-refractivity contribution is -0.114. The number of hydrogen-bond acceptors (Lipinski definition) is 6. The third-order valence-electron chi connectivity index (χ3n) is 3.82. The van der Waals surface area contributed by atoms with Crippen molar-refractivity contribution >= 4 is 11.6 Å². The van der Waals surface area contributed by atoms with Crippen molar-refractivity contribution in [1.29, 1.82) is 0 Å². The van der Waals surface area contributed by atoms with Crippen LogP contribution in [0.15, 0.2) is 82.9 Å². The maximum Gasteiger partial charge on any atom is 0.270 e. The third-order valence-corrected chi connectivity index (χ3v) is 3.82. The molecule has 0 saturated carbocycles. The molecule has 3 rings (SSSR count). The van der Waals surface area contributed by atoms with Crippen LogP contribution in [-0.4, -0.2) is 16.7 Å². The van der Waals surface area contributed by atoms with E-state index in [0.29, 0.717) is 6.42 Å². The van der Waals surface area contributed by atoms with Crippen LogP contribution in [0.3, 0.4) is 0 Å². The Hall–Kier alpha value is -3.19. The number of nitrogens with zero attached hydrogens (tertiary/aromatic N) is 4. The van der Waals surface area contributed by atoms with Crippen LogP contribution in [0.2, 0.25) is 0 Å². The smallest absolute Gasteiger partial charge is 0.270 e. The molecule has 4 N–H and O–H groups in total. The summed E-state index contributed by atoms with van der Waals surface area (Å²) in [5.74, 6) is -0.647. The second kappa shape index (κ2) is 6.74. The van der Waals surface area contributed by atoms with Gasteiger partial charge in [-0.2, -0.15) is 5.12 Å². The van der Waals surface area contributed by atoms with Crippen LogP contribution in [0.4, 0.5) is 5.69 Å². The maximum absolute atomic E-state index is 11.5. The molecular formula is C18H20N6O. The van der Waals surface area contributed by atoms with E-state index in [1.807, 2.05) is 67.6 Å². The minimum absolute atomic E-state index is 0.0654. The quantitative estimate of drug-likeness (QED) is 0.875. The Kier molecular flexibility index (Phi) is 4.49. The van der Waals surface area contributed by atoms with Crippen LogP contribution >= 0.6 is 0 Å². The van der Waals surface area contributed by atoms with E-state index in [1.54, 1.807) is 16.3 Å². The largest absolute Gasteiger partial charge is 0.364 e. The Morgan fingerprint density at radius 2 is 1.68 bits per heavy atom. The second-order valence-electron chi connectivity index (χ2n) is 6.06. The van der Waals surface area contributed by atoms with Crippen molar-refractivity contribution in [2.24, 2.45) is 21.8 Å². The molecule has 1 aliphatic heterocycles. The summed E-state index contributed by atoms with van der Waals surface area (Å²) in [7, 11) is 0. The van der Waals surface area contributed by atoms with Crippen molar-refractivity contribution in [1.82, 2.24) is 5.12 Å². The molecule has 0 saturated heterocycles. The average molecular weight is 336 g/mol. The minimum Gasteiger partial charge on any atom is -0.364 e. The molecule has 1 unspecified atom stereocenters. The molecule has 2 aromatic carbocycles. The Morgan fingerprint density at radius 1 is 1.08 bits per heavy atom. The molecule has 0 spiro atoms. The van der Waals surface area contributed by atoms with E-state index >= 15 is 0 Å². The summed E-state index contributed by atoms with van der Waals surface area (Å²) in [5, 5.41) is 11.3. The van der Waals surface area contributed by atoms with Crippen LogP contribution < -0.4 is 16.5 Å². The van der Waals surface area contributed by atoms with E-state index in [4.69, 9.17) is 11.5 Å². The molecule has 2 aromatic rings. The summed E-state index contributed by atoms with van der Waals surface area (Å²) in [5.41, 5.74) is 13.0. The van der Waals surface area contributed by atoms with E-state index in [-0.39, 0.29) is 5.70 Å². The third kappa shape index (κ3) is 3.67. The molecule has 25 heavy (non-hydrogen) atoms. The highest BCUT2D eigenvalue weighted by atomic mass is 16.1. The first-order valence-electron chi connectivity index (χ1n) is 7.88. The number of primary amides is 1. The zero-order valence-electron chi connectivity index (χ0n) is 13.9. The number of rotatable bonds is 5. The average Bonchev–Trinajstić information content (AvgIpc) is 2.62. The van der Waals surface area contributed by atoms with Gasteiger partial charge in [0.25, 0.3) is 5.91 Å². The van der Waals surface area contributed by atoms with Gasteiger partial charge in [0.15, 0.2) is 5.70 Å². The first-order chi connectivity index (χ1) is 12.0.